The zero-order valence-corrected chi connectivity index (χ0v) is 13.5. The van der Waals surface area contributed by atoms with Crippen molar-refractivity contribution in [3.63, 3.8) is 0 Å². The summed E-state index contributed by atoms with van der Waals surface area (Å²) in [5.74, 6) is 0.125. The molecule has 110 valence electrons. The van der Waals surface area contributed by atoms with E-state index in [9.17, 15) is 4.79 Å². The van der Waals surface area contributed by atoms with Crippen LogP contribution in [0.5, 0.6) is 0 Å². The summed E-state index contributed by atoms with van der Waals surface area (Å²) in [6, 6.07) is 7.93. The van der Waals surface area contributed by atoms with E-state index in [1.54, 1.807) is 11.8 Å². The molecule has 1 aliphatic heterocycles. The second kappa shape index (κ2) is 7.34. The number of hydrogen-bond acceptors (Lipinski definition) is 3. The van der Waals surface area contributed by atoms with Crippen molar-refractivity contribution in [3.05, 3.63) is 29.3 Å². The van der Waals surface area contributed by atoms with Gasteiger partial charge in [-0.3, -0.25) is 4.79 Å². The predicted molar refractivity (Wildman–Crippen MR) is 85.4 cm³/mol. The number of thioether (sulfide) groups is 1. The van der Waals surface area contributed by atoms with Gasteiger partial charge in [0.25, 0.3) is 0 Å². The van der Waals surface area contributed by atoms with Gasteiger partial charge in [-0.25, -0.2) is 0 Å². The van der Waals surface area contributed by atoms with Gasteiger partial charge in [-0.05, 0) is 64.2 Å². The van der Waals surface area contributed by atoms with E-state index in [0.717, 1.165) is 35.8 Å². The maximum atomic E-state index is 12.2. The third-order valence-electron chi connectivity index (χ3n) is 3.56. The predicted octanol–water partition coefficient (Wildman–Crippen LogP) is 3.03. The minimum absolute atomic E-state index is 0.0872. The number of benzene rings is 1. The topological polar surface area (TPSA) is 32.3 Å². The molecule has 0 saturated carbocycles. The quantitative estimate of drug-likeness (QED) is 0.867. The van der Waals surface area contributed by atoms with Crippen LogP contribution in [-0.2, 0) is 4.79 Å². The van der Waals surface area contributed by atoms with Gasteiger partial charge in [0, 0.05) is 16.0 Å². The summed E-state index contributed by atoms with van der Waals surface area (Å²) in [4.78, 5) is 15.6. The molecule has 2 rings (SSSR count). The molecule has 1 heterocycles. The Hall–Kier alpha value is -0.710. The van der Waals surface area contributed by atoms with E-state index < -0.39 is 0 Å². The first-order chi connectivity index (χ1) is 9.54. The molecule has 0 bridgehead atoms. The van der Waals surface area contributed by atoms with Gasteiger partial charge in [0.05, 0.1) is 5.25 Å². The number of piperidine rings is 1. The molecule has 0 aromatic heterocycles. The SMILES string of the molecule is C[C@H](Sc1ccc(Cl)cc1)C(=O)NC1CCN(C)CC1. The first-order valence-electron chi connectivity index (χ1n) is 6.96. The monoisotopic (exact) mass is 312 g/mol. The van der Waals surface area contributed by atoms with E-state index in [1.165, 1.54) is 0 Å². The number of carbonyl (C=O) groups excluding carboxylic acids is 1. The lowest BCUT2D eigenvalue weighted by Crippen LogP contribution is -2.45. The number of carbonyl (C=O) groups is 1. The van der Waals surface area contributed by atoms with Crippen molar-refractivity contribution >= 4 is 29.3 Å². The van der Waals surface area contributed by atoms with Gasteiger partial charge in [0.1, 0.15) is 0 Å². The Kier molecular flexibility index (Phi) is 5.75. The van der Waals surface area contributed by atoms with E-state index in [2.05, 4.69) is 17.3 Å². The van der Waals surface area contributed by atoms with Crippen molar-refractivity contribution in [3.8, 4) is 0 Å². The highest BCUT2D eigenvalue weighted by Gasteiger charge is 2.21. The van der Waals surface area contributed by atoms with Crippen molar-refractivity contribution in [1.29, 1.82) is 0 Å². The van der Waals surface area contributed by atoms with Crippen LogP contribution in [0.3, 0.4) is 0 Å². The molecule has 1 aromatic rings. The Balaban J connectivity index is 1.81. The van der Waals surface area contributed by atoms with Crippen LogP contribution < -0.4 is 5.32 Å². The fourth-order valence-electron chi connectivity index (χ4n) is 2.24. The number of halogens is 1. The van der Waals surface area contributed by atoms with Crippen molar-refractivity contribution in [2.45, 2.75) is 36.0 Å². The second-order valence-electron chi connectivity index (χ2n) is 5.30. The molecule has 0 spiro atoms. The van der Waals surface area contributed by atoms with Crippen LogP contribution in [0.4, 0.5) is 0 Å². The molecule has 1 atom stereocenters. The minimum Gasteiger partial charge on any atom is -0.352 e. The number of rotatable bonds is 4. The molecular formula is C15H21ClN2OS. The normalized spacial score (nSPS) is 18.8. The summed E-state index contributed by atoms with van der Waals surface area (Å²) in [5, 5.41) is 3.79. The van der Waals surface area contributed by atoms with E-state index in [-0.39, 0.29) is 11.2 Å². The molecule has 5 heteroatoms. The summed E-state index contributed by atoms with van der Waals surface area (Å²) in [6.45, 7) is 4.07. The second-order valence-corrected chi connectivity index (χ2v) is 7.15. The number of nitrogens with zero attached hydrogens (tertiary/aromatic N) is 1. The standard InChI is InChI=1S/C15H21ClN2OS/c1-11(20-14-5-3-12(16)4-6-14)15(19)17-13-7-9-18(2)10-8-13/h3-6,11,13H,7-10H2,1-2H3,(H,17,19)/t11-/m0/s1. The highest BCUT2D eigenvalue weighted by atomic mass is 35.5. The summed E-state index contributed by atoms with van der Waals surface area (Å²) in [7, 11) is 2.12. The van der Waals surface area contributed by atoms with Gasteiger partial charge in [-0.2, -0.15) is 0 Å². The highest BCUT2D eigenvalue weighted by molar-refractivity contribution is 8.00. The van der Waals surface area contributed by atoms with E-state index in [4.69, 9.17) is 11.6 Å². The molecule has 0 aliphatic carbocycles. The Morgan fingerprint density at radius 1 is 1.35 bits per heavy atom. The number of likely N-dealkylation sites (tertiary alicyclic amines) is 1. The van der Waals surface area contributed by atoms with E-state index >= 15 is 0 Å². The molecule has 1 N–H and O–H groups in total. The van der Waals surface area contributed by atoms with E-state index in [1.807, 2.05) is 31.2 Å². The van der Waals surface area contributed by atoms with Crippen molar-refractivity contribution in [2.24, 2.45) is 0 Å². The average Bonchev–Trinajstić information content (AvgIpc) is 2.44. The maximum absolute atomic E-state index is 12.2. The van der Waals surface area contributed by atoms with Crippen LogP contribution >= 0.6 is 23.4 Å². The molecule has 20 heavy (non-hydrogen) atoms. The molecular weight excluding hydrogens is 292 g/mol. The van der Waals surface area contributed by atoms with Crippen molar-refractivity contribution in [2.75, 3.05) is 20.1 Å². The fraction of sp³-hybridized carbons (Fsp3) is 0.533. The molecule has 1 fully saturated rings. The van der Waals surface area contributed by atoms with Crippen LogP contribution in [0, 0.1) is 0 Å². The molecule has 1 amide bonds. The third kappa shape index (κ3) is 4.69. The molecule has 1 aliphatic rings. The van der Waals surface area contributed by atoms with Gasteiger partial charge in [-0.1, -0.05) is 11.6 Å². The molecule has 0 radical (unpaired) electrons. The lowest BCUT2D eigenvalue weighted by molar-refractivity contribution is -0.121. The zero-order chi connectivity index (χ0) is 14.5. The number of amides is 1. The summed E-state index contributed by atoms with van der Waals surface area (Å²) in [6.07, 6.45) is 2.08. The first kappa shape index (κ1) is 15.7. The fourth-order valence-corrected chi connectivity index (χ4v) is 3.24. The van der Waals surface area contributed by atoms with Crippen LogP contribution in [0.15, 0.2) is 29.2 Å². The van der Waals surface area contributed by atoms with Crippen LogP contribution in [0.2, 0.25) is 5.02 Å². The van der Waals surface area contributed by atoms with Crippen LogP contribution in [-0.4, -0.2) is 42.2 Å². The smallest absolute Gasteiger partial charge is 0.233 e. The largest absolute Gasteiger partial charge is 0.352 e. The molecule has 3 nitrogen and oxygen atoms in total. The Labute approximate surface area is 130 Å². The van der Waals surface area contributed by atoms with E-state index in [0.29, 0.717) is 6.04 Å². The highest BCUT2D eigenvalue weighted by Crippen LogP contribution is 2.25. The maximum Gasteiger partial charge on any atom is 0.233 e. The number of nitrogens with one attached hydrogen (secondary N) is 1. The molecule has 0 unspecified atom stereocenters. The van der Waals surface area contributed by atoms with Gasteiger partial charge in [-0.15, -0.1) is 11.8 Å². The Bertz CT molecular complexity index is 444. The average molecular weight is 313 g/mol. The lowest BCUT2D eigenvalue weighted by atomic mass is 10.1. The van der Waals surface area contributed by atoms with Crippen LogP contribution in [0.1, 0.15) is 19.8 Å². The van der Waals surface area contributed by atoms with Crippen molar-refractivity contribution < 1.29 is 4.79 Å². The lowest BCUT2D eigenvalue weighted by Gasteiger charge is -2.30. The summed E-state index contributed by atoms with van der Waals surface area (Å²) in [5.41, 5.74) is 0. The van der Waals surface area contributed by atoms with Gasteiger partial charge in [0.2, 0.25) is 5.91 Å². The third-order valence-corrected chi connectivity index (χ3v) is 4.92. The van der Waals surface area contributed by atoms with Crippen molar-refractivity contribution in [1.82, 2.24) is 10.2 Å². The molecule has 1 saturated heterocycles. The van der Waals surface area contributed by atoms with Crippen LogP contribution in [0.25, 0.3) is 0 Å². The van der Waals surface area contributed by atoms with Gasteiger partial charge in [0.15, 0.2) is 0 Å². The first-order valence-corrected chi connectivity index (χ1v) is 8.21. The zero-order valence-electron chi connectivity index (χ0n) is 11.9. The Morgan fingerprint density at radius 3 is 2.55 bits per heavy atom. The van der Waals surface area contributed by atoms with Gasteiger partial charge < -0.3 is 10.2 Å². The molecule has 1 aromatic carbocycles. The number of hydrogen-bond donors (Lipinski definition) is 1. The summed E-state index contributed by atoms with van der Waals surface area (Å²) >= 11 is 7.43. The Morgan fingerprint density at radius 2 is 1.95 bits per heavy atom. The van der Waals surface area contributed by atoms with Gasteiger partial charge >= 0.3 is 0 Å². The minimum atomic E-state index is -0.0872. The summed E-state index contributed by atoms with van der Waals surface area (Å²) < 4.78 is 0.